The van der Waals surface area contributed by atoms with Gasteiger partial charge in [0.2, 0.25) is 10.0 Å². The van der Waals surface area contributed by atoms with E-state index in [0.29, 0.717) is 29.2 Å². The molecule has 1 amide bonds. The van der Waals surface area contributed by atoms with Crippen molar-refractivity contribution in [2.45, 2.75) is 37.1 Å². The Bertz CT molecular complexity index is 941. The number of amides is 1. The summed E-state index contributed by atoms with van der Waals surface area (Å²) in [7, 11) is -2.09. The Morgan fingerprint density at radius 3 is 2.44 bits per heavy atom. The van der Waals surface area contributed by atoms with Crippen LogP contribution in [0.3, 0.4) is 0 Å². The Balaban J connectivity index is 2.20. The molecule has 1 aliphatic rings. The minimum atomic E-state index is -3.78. The van der Waals surface area contributed by atoms with Crippen molar-refractivity contribution < 1.29 is 13.2 Å². The molecule has 25 heavy (non-hydrogen) atoms. The van der Waals surface area contributed by atoms with Gasteiger partial charge in [0.15, 0.2) is 0 Å². The lowest BCUT2D eigenvalue weighted by molar-refractivity contribution is 0.0999. The molecule has 0 aliphatic carbocycles. The van der Waals surface area contributed by atoms with Crippen LogP contribution >= 0.6 is 0 Å². The maximum absolute atomic E-state index is 13.1. The van der Waals surface area contributed by atoms with E-state index >= 15 is 0 Å². The van der Waals surface area contributed by atoms with Crippen LogP contribution in [-0.4, -0.2) is 33.5 Å². The molecule has 0 bridgehead atoms. The van der Waals surface area contributed by atoms with Gasteiger partial charge in [-0.25, -0.2) is 13.1 Å². The monoisotopic (exact) mass is 361 g/mol. The van der Waals surface area contributed by atoms with Crippen LogP contribution in [0.15, 0.2) is 35.2 Å². The molecule has 2 aromatic rings. The number of nitrogens with one attached hydrogen (secondary N) is 1. The van der Waals surface area contributed by atoms with Crippen LogP contribution in [0.5, 0.6) is 0 Å². The Morgan fingerprint density at radius 1 is 1.16 bits per heavy atom. The zero-order valence-electron chi connectivity index (χ0n) is 14.7. The first kappa shape index (κ1) is 17.8. The van der Waals surface area contributed by atoms with Gasteiger partial charge in [0.1, 0.15) is 0 Å². The molecule has 0 fully saturated rings. The molecule has 0 saturated carbocycles. The number of hydrogen-bond acceptors (Lipinski definition) is 4. The van der Waals surface area contributed by atoms with Crippen LogP contribution in [0.1, 0.15) is 37.0 Å². The van der Waals surface area contributed by atoms with Crippen LogP contribution in [0.25, 0.3) is 10.8 Å². The summed E-state index contributed by atoms with van der Waals surface area (Å²) >= 11 is 0. The maximum Gasteiger partial charge on any atom is 0.258 e. The number of carbonyl (C=O) groups excluding carboxylic acids is 1. The molecule has 1 heterocycles. The molecule has 0 atom stereocenters. The molecule has 0 unspecified atom stereocenters. The van der Waals surface area contributed by atoms with E-state index in [-0.39, 0.29) is 17.3 Å². The number of benzene rings is 2. The first-order chi connectivity index (χ1) is 11.8. The third-order valence-electron chi connectivity index (χ3n) is 5.26. The quantitative estimate of drug-likeness (QED) is 0.825. The lowest BCUT2D eigenvalue weighted by Crippen LogP contribution is -2.52. The second kappa shape index (κ2) is 6.09. The Morgan fingerprint density at radius 2 is 1.84 bits per heavy atom. The lowest BCUT2D eigenvalue weighted by Gasteiger charge is -2.31. The third-order valence-corrected chi connectivity index (χ3v) is 6.90. The topological polar surface area (TPSA) is 92.5 Å². The number of sulfonamides is 1. The van der Waals surface area contributed by atoms with Gasteiger partial charge in [-0.3, -0.25) is 4.79 Å². The van der Waals surface area contributed by atoms with Gasteiger partial charge in [0, 0.05) is 35.5 Å². The number of rotatable bonds is 6. The molecule has 0 saturated heterocycles. The average Bonchev–Trinajstić information content (AvgIpc) is 2.87. The van der Waals surface area contributed by atoms with E-state index < -0.39 is 15.6 Å². The van der Waals surface area contributed by atoms with Crippen molar-refractivity contribution in [1.29, 1.82) is 0 Å². The fraction of sp³-hybridized carbons (Fsp3) is 0.389. The normalized spacial score (nSPS) is 14.6. The summed E-state index contributed by atoms with van der Waals surface area (Å²) in [4.78, 5) is 14.1. The predicted octanol–water partition coefficient (Wildman–Crippen LogP) is 2.23. The summed E-state index contributed by atoms with van der Waals surface area (Å²) in [6.07, 6.45) is 1.20. The number of nitrogens with zero attached hydrogens (tertiary/aromatic N) is 1. The van der Waals surface area contributed by atoms with Gasteiger partial charge in [-0.1, -0.05) is 26.0 Å². The van der Waals surface area contributed by atoms with Crippen molar-refractivity contribution in [3.05, 3.63) is 35.9 Å². The zero-order chi connectivity index (χ0) is 18.4. The molecular weight excluding hydrogens is 338 g/mol. The Labute approximate surface area is 148 Å². The van der Waals surface area contributed by atoms with E-state index in [9.17, 15) is 13.2 Å². The largest absolute Gasteiger partial charge is 0.329 e. The smallest absolute Gasteiger partial charge is 0.258 e. The molecule has 134 valence electrons. The minimum Gasteiger partial charge on any atom is -0.329 e. The number of carbonyl (C=O) groups is 1. The Hall–Kier alpha value is -1.96. The first-order valence-electron chi connectivity index (χ1n) is 8.38. The molecule has 3 rings (SSSR count). The molecule has 3 N–H and O–H groups in total. The summed E-state index contributed by atoms with van der Waals surface area (Å²) < 4.78 is 29.0. The van der Waals surface area contributed by atoms with Gasteiger partial charge in [-0.2, -0.15) is 0 Å². The highest BCUT2D eigenvalue weighted by Crippen LogP contribution is 2.39. The SMILES string of the molecule is CCC(CC)(CN)NS(=O)(=O)c1ccc2c3c(cccc13)C(=O)N2C. The molecule has 6 nitrogen and oxygen atoms in total. The second-order valence-electron chi connectivity index (χ2n) is 6.47. The summed E-state index contributed by atoms with van der Waals surface area (Å²) in [5.41, 5.74) is 6.43. The highest BCUT2D eigenvalue weighted by Gasteiger charge is 2.34. The van der Waals surface area contributed by atoms with E-state index in [0.717, 1.165) is 5.69 Å². The molecule has 0 aromatic heterocycles. The number of hydrogen-bond donors (Lipinski definition) is 2. The van der Waals surface area contributed by atoms with Crippen molar-refractivity contribution in [1.82, 2.24) is 4.72 Å². The van der Waals surface area contributed by atoms with Gasteiger partial charge in [-0.15, -0.1) is 0 Å². The predicted molar refractivity (Wildman–Crippen MR) is 99.4 cm³/mol. The minimum absolute atomic E-state index is 0.124. The van der Waals surface area contributed by atoms with Crippen molar-refractivity contribution >= 4 is 32.4 Å². The van der Waals surface area contributed by atoms with Gasteiger partial charge >= 0.3 is 0 Å². The van der Waals surface area contributed by atoms with E-state index in [2.05, 4.69) is 4.72 Å². The second-order valence-corrected chi connectivity index (χ2v) is 8.12. The molecule has 1 aliphatic heterocycles. The zero-order valence-corrected chi connectivity index (χ0v) is 15.5. The summed E-state index contributed by atoms with van der Waals surface area (Å²) in [6, 6.07) is 8.43. The fourth-order valence-electron chi connectivity index (χ4n) is 3.41. The summed E-state index contributed by atoms with van der Waals surface area (Å²) in [6.45, 7) is 4.06. The fourth-order valence-corrected chi connectivity index (χ4v) is 5.17. The van der Waals surface area contributed by atoms with Crippen LogP contribution in [0, 0.1) is 0 Å². The first-order valence-corrected chi connectivity index (χ1v) is 9.86. The Kier molecular flexibility index (Phi) is 4.35. The number of anilines is 1. The van der Waals surface area contributed by atoms with Gasteiger partial charge < -0.3 is 10.6 Å². The third kappa shape index (κ3) is 2.63. The molecule has 7 heteroatoms. The lowest BCUT2D eigenvalue weighted by atomic mass is 9.95. The van der Waals surface area contributed by atoms with E-state index in [1.165, 1.54) is 0 Å². The standard InChI is InChI=1S/C18H23N3O3S/c1-4-18(5-2,11-19)20-25(23,24)15-10-9-14-16-12(15)7-6-8-13(16)17(22)21(14)3/h6-10,20H,4-5,11,19H2,1-3H3. The van der Waals surface area contributed by atoms with E-state index in [4.69, 9.17) is 5.73 Å². The number of nitrogens with two attached hydrogens (primary N) is 1. The maximum atomic E-state index is 13.1. The molecule has 0 radical (unpaired) electrons. The van der Waals surface area contributed by atoms with Gasteiger partial charge in [0.05, 0.1) is 10.6 Å². The van der Waals surface area contributed by atoms with Crippen LogP contribution in [0.2, 0.25) is 0 Å². The van der Waals surface area contributed by atoms with Crippen molar-refractivity contribution in [3.63, 3.8) is 0 Å². The highest BCUT2D eigenvalue weighted by atomic mass is 32.2. The molecule has 2 aromatic carbocycles. The van der Waals surface area contributed by atoms with Crippen molar-refractivity contribution in [2.75, 3.05) is 18.5 Å². The highest BCUT2D eigenvalue weighted by molar-refractivity contribution is 7.89. The van der Waals surface area contributed by atoms with Crippen molar-refractivity contribution in [3.8, 4) is 0 Å². The van der Waals surface area contributed by atoms with Gasteiger partial charge in [0.25, 0.3) is 5.91 Å². The summed E-state index contributed by atoms with van der Waals surface area (Å²) in [5.74, 6) is -0.124. The van der Waals surface area contributed by atoms with Crippen molar-refractivity contribution in [2.24, 2.45) is 5.73 Å². The molecule has 0 spiro atoms. The van der Waals surface area contributed by atoms with Crippen LogP contribution in [0.4, 0.5) is 5.69 Å². The molecular formula is C18H23N3O3S. The van der Waals surface area contributed by atoms with Crippen LogP contribution in [-0.2, 0) is 10.0 Å². The summed E-state index contributed by atoms with van der Waals surface area (Å²) in [5, 5.41) is 1.24. The van der Waals surface area contributed by atoms with E-state index in [1.54, 1.807) is 42.3 Å². The van der Waals surface area contributed by atoms with Gasteiger partial charge in [-0.05, 0) is 31.0 Å². The van der Waals surface area contributed by atoms with E-state index in [1.807, 2.05) is 13.8 Å². The van der Waals surface area contributed by atoms with Crippen LogP contribution < -0.4 is 15.4 Å². The average molecular weight is 361 g/mol.